The standard InChI is InChI=1S/C20H29N5O9/c1-9(27)16(20(33)34)25-19(32)14(7-15(22)29)24-18(31)13(23-17(30)12(21)8-26)6-10-2-4-11(28)5-3-10/h2-5,9,12-14,16,26-28H,6-8,21H2,1H3,(H2,22,29)(H,23,30)(H,24,31)(H,25,32)(H,33,34). The summed E-state index contributed by atoms with van der Waals surface area (Å²) < 4.78 is 0. The fourth-order valence-corrected chi connectivity index (χ4v) is 2.76. The first-order valence-corrected chi connectivity index (χ1v) is 10.1. The smallest absolute Gasteiger partial charge is 0.328 e. The third-order valence-electron chi connectivity index (χ3n) is 4.63. The number of hydrogen-bond acceptors (Lipinski definition) is 9. The number of hydrogen-bond donors (Lipinski definition) is 9. The molecule has 0 heterocycles. The molecule has 34 heavy (non-hydrogen) atoms. The van der Waals surface area contributed by atoms with Crippen LogP contribution >= 0.6 is 0 Å². The lowest BCUT2D eigenvalue weighted by Gasteiger charge is -2.25. The molecule has 0 fully saturated rings. The molecular formula is C20H29N5O9. The molecule has 14 nitrogen and oxygen atoms in total. The van der Waals surface area contributed by atoms with E-state index < -0.39 is 72.9 Å². The van der Waals surface area contributed by atoms with Gasteiger partial charge >= 0.3 is 5.97 Å². The van der Waals surface area contributed by atoms with Crippen molar-refractivity contribution in [1.29, 1.82) is 0 Å². The van der Waals surface area contributed by atoms with E-state index in [2.05, 4.69) is 10.6 Å². The molecule has 1 aromatic rings. The molecule has 4 amide bonds. The Bertz CT molecular complexity index is 891. The van der Waals surface area contributed by atoms with Gasteiger partial charge in [-0.1, -0.05) is 12.1 Å². The lowest BCUT2D eigenvalue weighted by atomic mass is 10.0. The number of aromatic hydroxyl groups is 1. The van der Waals surface area contributed by atoms with Crippen molar-refractivity contribution in [1.82, 2.24) is 16.0 Å². The summed E-state index contributed by atoms with van der Waals surface area (Å²) in [7, 11) is 0. The lowest BCUT2D eigenvalue weighted by Crippen LogP contribution is -2.59. The Morgan fingerprint density at radius 1 is 0.941 bits per heavy atom. The van der Waals surface area contributed by atoms with Crippen LogP contribution in [-0.4, -0.2) is 86.9 Å². The van der Waals surface area contributed by atoms with Crippen LogP contribution in [-0.2, 0) is 30.4 Å². The molecule has 0 saturated heterocycles. The number of carbonyl (C=O) groups excluding carboxylic acids is 4. The second-order valence-electron chi connectivity index (χ2n) is 7.52. The van der Waals surface area contributed by atoms with E-state index in [0.717, 1.165) is 6.92 Å². The number of aliphatic carboxylic acids is 1. The average Bonchev–Trinajstić information content (AvgIpc) is 2.76. The second kappa shape index (κ2) is 13.1. The molecule has 0 aliphatic heterocycles. The normalized spacial score (nSPS) is 15.2. The molecule has 1 rings (SSSR count). The summed E-state index contributed by atoms with van der Waals surface area (Å²) >= 11 is 0. The Kier molecular flexibility index (Phi) is 10.9. The molecule has 1 aromatic carbocycles. The molecule has 5 atom stereocenters. The predicted octanol–water partition coefficient (Wildman–Crippen LogP) is -3.95. The maximum Gasteiger partial charge on any atom is 0.328 e. The second-order valence-corrected chi connectivity index (χ2v) is 7.52. The van der Waals surface area contributed by atoms with Crippen LogP contribution in [0.2, 0.25) is 0 Å². The molecule has 14 heteroatoms. The first-order chi connectivity index (χ1) is 15.8. The molecule has 0 radical (unpaired) electrons. The third-order valence-corrected chi connectivity index (χ3v) is 4.63. The highest BCUT2D eigenvalue weighted by Gasteiger charge is 2.32. The van der Waals surface area contributed by atoms with E-state index in [-0.39, 0.29) is 12.2 Å². The number of nitrogens with two attached hydrogens (primary N) is 2. The van der Waals surface area contributed by atoms with Gasteiger partial charge < -0.3 is 47.8 Å². The maximum atomic E-state index is 12.9. The van der Waals surface area contributed by atoms with Crippen molar-refractivity contribution >= 4 is 29.6 Å². The van der Waals surface area contributed by atoms with Crippen molar-refractivity contribution in [2.24, 2.45) is 11.5 Å². The molecule has 0 aliphatic rings. The molecule has 0 aromatic heterocycles. The number of aliphatic hydroxyl groups is 2. The Labute approximate surface area is 194 Å². The first-order valence-electron chi connectivity index (χ1n) is 10.1. The van der Waals surface area contributed by atoms with E-state index in [0.29, 0.717) is 5.56 Å². The highest BCUT2D eigenvalue weighted by Crippen LogP contribution is 2.12. The van der Waals surface area contributed by atoms with Crippen LogP contribution in [0.4, 0.5) is 0 Å². The van der Waals surface area contributed by atoms with Gasteiger partial charge in [-0.3, -0.25) is 19.2 Å². The molecular weight excluding hydrogens is 454 g/mol. The number of rotatable bonds is 13. The van der Waals surface area contributed by atoms with Crippen molar-refractivity contribution in [2.75, 3.05) is 6.61 Å². The SMILES string of the molecule is CC(O)C(NC(=O)C(CC(N)=O)NC(=O)C(Cc1ccc(O)cc1)NC(=O)C(N)CO)C(=O)O. The summed E-state index contributed by atoms with van der Waals surface area (Å²) in [4.78, 5) is 60.3. The van der Waals surface area contributed by atoms with Gasteiger partial charge in [-0.15, -0.1) is 0 Å². The first kappa shape index (κ1) is 28.3. The minimum atomic E-state index is -1.73. The minimum absolute atomic E-state index is 0.0413. The third kappa shape index (κ3) is 9.01. The fourth-order valence-electron chi connectivity index (χ4n) is 2.76. The number of carbonyl (C=O) groups is 5. The largest absolute Gasteiger partial charge is 0.508 e. The number of primary amides is 1. The number of carboxylic acids is 1. The van der Waals surface area contributed by atoms with Crippen LogP contribution in [0.1, 0.15) is 18.9 Å². The van der Waals surface area contributed by atoms with E-state index in [1.807, 2.05) is 5.32 Å². The average molecular weight is 483 g/mol. The summed E-state index contributed by atoms with van der Waals surface area (Å²) in [5, 5.41) is 43.8. The van der Waals surface area contributed by atoms with E-state index in [1.54, 1.807) is 0 Å². The molecule has 0 saturated carbocycles. The van der Waals surface area contributed by atoms with Gasteiger partial charge in [0.05, 0.1) is 19.1 Å². The van der Waals surface area contributed by atoms with Crippen LogP contribution in [0.5, 0.6) is 5.75 Å². The minimum Gasteiger partial charge on any atom is -0.508 e. The van der Waals surface area contributed by atoms with E-state index in [1.165, 1.54) is 24.3 Å². The van der Waals surface area contributed by atoms with Crippen LogP contribution in [0, 0.1) is 0 Å². The molecule has 188 valence electrons. The topological polar surface area (TPSA) is 254 Å². The Hall–Kier alpha value is -3.75. The Morgan fingerprint density at radius 3 is 1.94 bits per heavy atom. The number of carboxylic acid groups (broad SMARTS) is 1. The number of amides is 4. The van der Waals surface area contributed by atoms with E-state index in [9.17, 15) is 34.2 Å². The van der Waals surface area contributed by atoms with E-state index in [4.69, 9.17) is 21.7 Å². The number of nitrogens with one attached hydrogen (secondary N) is 3. The molecule has 0 spiro atoms. The molecule has 0 bridgehead atoms. The number of benzene rings is 1. The van der Waals surface area contributed by atoms with Gasteiger partial charge in [0.25, 0.3) is 0 Å². The van der Waals surface area contributed by atoms with Crippen molar-refractivity contribution in [3.8, 4) is 5.75 Å². The van der Waals surface area contributed by atoms with Gasteiger partial charge in [0.1, 0.15) is 23.9 Å². The summed E-state index contributed by atoms with van der Waals surface area (Å²) in [6.07, 6.45) is -2.33. The monoisotopic (exact) mass is 483 g/mol. The van der Waals surface area contributed by atoms with Crippen molar-refractivity contribution in [2.45, 2.75) is 50.0 Å². The summed E-state index contributed by atoms with van der Waals surface area (Å²) in [5.41, 5.74) is 11.1. The highest BCUT2D eigenvalue weighted by molar-refractivity contribution is 5.96. The van der Waals surface area contributed by atoms with Crippen LogP contribution in [0.25, 0.3) is 0 Å². The zero-order chi connectivity index (χ0) is 26.0. The number of phenols is 1. The van der Waals surface area contributed by atoms with Crippen molar-refractivity contribution < 1.29 is 44.4 Å². The molecule has 0 aliphatic carbocycles. The van der Waals surface area contributed by atoms with Crippen LogP contribution < -0.4 is 27.4 Å². The van der Waals surface area contributed by atoms with E-state index >= 15 is 0 Å². The zero-order valence-corrected chi connectivity index (χ0v) is 18.3. The Balaban J connectivity index is 3.13. The number of aliphatic hydroxyl groups excluding tert-OH is 2. The van der Waals surface area contributed by atoms with Gasteiger partial charge in [-0.05, 0) is 24.6 Å². The van der Waals surface area contributed by atoms with Gasteiger partial charge in [0, 0.05) is 6.42 Å². The zero-order valence-electron chi connectivity index (χ0n) is 18.3. The van der Waals surface area contributed by atoms with Gasteiger partial charge in [0.15, 0.2) is 6.04 Å². The summed E-state index contributed by atoms with van der Waals surface area (Å²) in [6, 6.07) is -0.408. The fraction of sp³-hybridized carbons (Fsp3) is 0.450. The summed E-state index contributed by atoms with van der Waals surface area (Å²) in [5.74, 6) is -5.52. The quantitative estimate of drug-likeness (QED) is 0.131. The van der Waals surface area contributed by atoms with Gasteiger partial charge in [0.2, 0.25) is 23.6 Å². The molecule has 11 N–H and O–H groups in total. The Morgan fingerprint density at radius 2 is 1.47 bits per heavy atom. The lowest BCUT2D eigenvalue weighted by molar-refractivity contribution is -0.145. The maximum absolute atomic E-state index is 12.9. The van der Waals surface area contributed by atoms with Gasteiger partial charge in [-0.25, -0.2) is 4.79 Å². The van der Waals surface area contributed by atoms with Crippen molar-refractivity contribution in [3.63, 3.8) is 0 Å². The molecule has 5 unspecified atom stereocenters. The number of phenolic OH excluding ortho intramolecular Hbond substituents is 1. The van der Waals surface area contributed by atoms with Crippen LogP contribution in [0.3, 0.4) is 0 Å². The predicted molar refractivity (Wildman–Crippen MR) is 116 cm³/mol. The van der Waals surface area contributed by atoms with Crippen LogP contribution in [0.15, 0.2) is 24.3 Å². The van der Waals surface area contributed by atoms with Crippen molar-refractivity contribution in [3.05, 3.63) is 29.8 Å². The highest BCUT2D eigenvalue weighted by atomic mass is 16.4. The summed E-state index contributed by atoms with van der Waals surface area (Å²) in [6.45, 7) is 0.413. The van der Waals surface area contributed by atoms with Gasteiger partial charge in [-0.2, -0.15) is 0 Å².